The minimum atomic E-state index is -0.846. The minimum Gasteiger partial charge on any atom is -0.481 e. The third-order valence-corrected chi connectivity index (χ3v) is 1.85. The zero-order chi connectivity index (χ0) is 9.14. The number of hydrogen-bond acceptors (Lipinski definition) is 2. The molecule has 0 bridgehead atoms. The van der Waals surface area contributed by atoms with Crippen LogP contribution in [0.15, 0.2) is 12.3 Å². The standard InChI is InChI=1S/C7H9ClN2O2/c1-5(7(11)12)4-10-6(8)2-3-9-10/h2-3,5H,4H2,1H3,(H,11,12). The van der Waals surface area contributed by atoms with Crippen molar-refractivity contribution in [3.8, 4) is 0 Å². The third-order valence-electron chi connectivity index (χ3n) is 1.53. The Morgan fingerprint density at radius 2 is 2.58 bits per heavy atom. The Balaban J connectivity index is 2.64. The molecule has 0 radical (unpaired) electrons. The van der Waals surface area contributed by atoms with Crippen molar-refractivity contribution in [1.82, 2.24) is 9.78 Å². The maximum absolute atomic E-state index is 10.5. The Kier molecular flexibility index (Phi) is 2.70. The van der Waals surface area contributed by atoms with Crippen molar-refractivity contribution in [1.29, 1.82) is 0 Å². The molecule has 0 amide bonds. The molecule has 1 aromatic rings. The Morgan fingerprint density at radius 3 is 3.00 bits per heavy atom. The molecular formula is C7H9ClN2O2. The number of rotatable bonds is 3. The highest BCUT2D eigenvalue weighted by atomic mass is 35.5. The second-order valence-electron chi connectivity index (χ2n) is 2.58. The van der Waals surface area contributed by atoms with Gasteiger partial charge in [0.05, 0.1) is 18.7 Å². The first-order chi connectivity index (χ1) is 5.61. The number of aliphatic carboxylic acids is 1. The topological polar surface area (TPSA) is 55.1 Å². The predicted octanol–water partition coefficient (Wildman–Crippen LogP) is 1.26. The van der Waals surface area contributed by atoms with Gasteiger partial charge in [0, 0.05) is 0 Å². The summed E-state index contributed by atoms with van der Waals surface area (Å²) in [5, 5.41) is 12.9. The quantitative estimate of drug-likeness (QED) is 0.777. The molecular weight excluding hydrogens is 180 g/mol. The molecule has 0 saturated heterocycles. The van der Waals surface area contributed by atoms with Crippen LogP contribution in [0.4, 0.5) is 0 Å². The fraction of sp³-hybridized carbons (Fsp3) is 0.429. The Hall–Kier alpha value is -1.03. The molecule has 4 nitrogen and oxygen atoms in total. The predicted molar refractivity (Wildman–Crippen MR) is 44.0 cm³/mol. The van der Waals surface area contributed by atoms with Gasteiger partial charge in [-0.1, -0.05) is 18.5 Å². The number of nitrogens with zero attached hydrogens (tertiary/aromatic N) is 2. The van der Waals surface area contributed by atoms with Gasteiger partial charge in [0.15, 0.2) is 0 Å². The van der Waals surface area contributed by atoms with Gasteiger partial charge in [-0.3, -0.25) is 9.48 Å². The lowest BCUT2D eigenvalue weighted by molar-refractivity contribution is -0.141. The molecule has 1 heterocycles. The van der Waals surface area contributed by atoms with Gasteiger partial charge in [-0.15, -0.1) is 0 Å². The molecule has 0 aromatic carbocycles. The van der Waals surface area contributed by atoms with Crippen LogP contribution < -0.4 is 0 Å². The highest BCUT2D eigenvalue weighted by Gasteiger charge is 2.12. The van der Waals surface area contributed by atoms with Gasteiger partial charge in [0.2, 0.25) is 0 Å². The van der Waals surface area contributed by atoms with E-state index in [1.165, 1.54) is 10.9 Å². The zero-order valence-corrected chi connectivity index (χ0v) is 7.32. The molecule has 0 saturated carbocycles. The van der Waals surface area contributed by atoms with Crippen LogP contribution in [0.1, 0.15) is 6.92 Å². The third kappa shape index (κ3) is 1.98. The van der Waals surface area contributed by atoms with E-state index in [0.717, 1.165) is 0 Å². The van der Waals surface area contributed by atoms with Crippen LogP contribution in [0.3, 0.4) is 0 Å². The molecule has 12 heavy (non-hydrogen) atoms. The van der Waals surface area contributed by atoms with Crippen LogP contribution in [0.5, 0.6) is 0 Å². The van der Waals surface area contributed by atoms with Gasteiger partial charge in [0.25, 0.3) is 0 Å². The summed E-state index contributed by atoms with van der Waals surface area (Å²) >= 11 is 5.70. The van der Waals surface area contributed by atoms with Crippen molar-refractivity contribution < 1.29 is 9.90 Å². The molecule has 66 valence electrons. The number of aromatic nitrogens is 2. The fourth-order valence-electron chi connectivity index (χ4n) is 0.788. The average molecular weight is 189 g/mol. The molecule has 1 rings (SSSR count). The van der Waals surface area contributed by atoms with Gasteiger partial charge in [-0.2, -0.15) is 5.10 Å². The van der Waals surface area contributed by atoms with Crippen molar-refractivity contribution in [2.45, 2.75) is 13.5 Å². The molecule has 0 fully saturated rings. The smallest absolute Gasteiger partial charge is 0.308 e. The maximum Gasteiger partial charge on any atom is 0.308 e. The first-order valence-corrected chi connectivity index (χ1v) is 3.89. The van der Waals surface area contributed by atoms with E-state index in [1.807, 2.05) is 0 Å². The van der Waals surface area contributed by atoms with E-state index in [2.05, 4.69) is 5.10 Å². The molecule has 0 aliphatic carbocycles. The van der Waals surface area contributed by atoms with Crippen LogP contribution >= 0.6 is 11.6 Å². The SMILES string of the molecule is CC(Cn1nccc1Cl)C(=O)O. The number of carbonyl (C=O) groups is 1. The van der Waals surface area contributed by atoms with E-state index in [1.54, 1.807) is 13.0 Å². The number of carboxylic acids is 1. The molecule has 5 heteroatoms. The monoisotopic (exact) mass is 188 g/mol. The van der Waals surface area contributed by atoms with Gasteiger partial charge in [-0.05, 0) is 6.07 Å². The highest BCUT2D eigenvalue weighted by Crippen LogP contribution is 2.09. The molecule has 0 aliphatic rings. The molecule has 0 spiro atoms. The summed E-state index contributed by atoms with van der Waals surface area (Å²) < 4.78 is 1.46. The van der Waals surface area contributed by atoms with Crippen LogP contribution in [-0.4, -0.2) is 20.9 Å². The summed E-state index contributed by atoms with van der Waals surface area (Å²) in [5.41, 5.74) is 0. The first-order valence-electron chi connectivity index (χ1n) is 3.51. The summed E-state index contributed by atoms with van der Waals surface area (Å²) in [5.74, 6) is -1.32. The summed E-state index contributed by atoms with van der Waals surface area (Å²) in [4.78, 5) is 10.5. The van der Waals surface area contributed by atoms with E-state index in [0.29, 0.717) is 11.7 Å². The fourth-order valence-corrected chi connectivity index (χ4v) is 0.957. The zero-order valence-electron chi connectivity index (χ0n) is 6.57. The molecule has 1 unspecified atom stereocenters. The lowest BCUT2D eigenvalue weighted by Crippen LogP contribution is -2.17. The van der Waals surface area contributed by atoms with Gasteiger partial charge in [-0.25, -0.2) is 0 Å². The van der Waals surface area contributed by atoms with Crippen molar-refractivity contribution in [3.63, 3.8) is 0 Å². The summed E-state index contributed by atoms with van der Waals surface area (Å²) in [6, 6.07) is 1.62. The van der Waals surface area contributed by atoms with E-state index in [9.17, 15) is 4.79 Å². The van der Waals surface area contributed by atoms with Gasteiger partial charge < -0.3 is 5.11 Å². The van der Waals surface area contributed by atoms with Crippen LogP contribution in [0, 0.1) is 5.92 Å². The van der Waals surface area contributed by atoms with E-state index < -0.39 is 11.9 Å². The van der Waals surface area contributed by atoms with Crippen LogP contribution in [-0.2, 0) is 11.3 Å². The first kappa shape index (κ1) is 9.06. The maximum atomic E-state index is 10.5. The number of halogens is 1. The van der Waals surface area contributed by atoms with Crippen molar-refractivity contribution in [3.05, 3.63) is 17.4 Å². The normalized spacial score (nSPS) is 12.8. The lowest BCUT2D eigenvalue weighted by Gasteiger charge is -2.06. The average Bonchev–Trinajstić information content (AvgIpc) is 2.36. The summed E-state index contributed by atoms with van der Waals surface area (Å²) in [7, 11) is 0. The second-order valence-corrected chi connectivity index (χ2v) is 2.96. The Morgan fingerprint density at radius 1 is 1.92 bits per heavy atom. The number of hydrogen-bond donors (Lipinski definition) is 1. The van der Waals surface area contributed by atoms with Crippen LogP contribution in [0.25, 0.3) is 0 Å². The van der Waals surface area contributed by atoms with Gasteiger partial charge in [0.1, 0.15) is 5.15 Å². The van der Waals surface area contributed by atoms with Crippen molar-refractivity contribution in [2.24, 2.45) is 5.92 Å². The van der Waals surface area contributed by atoms with E-state index >= 15 is 0 Å². The minimum absolute atomic E-state index is 0.307. The molecule has 0 aliphatic heterocycles. The summed E-state index contributed by atoms with van der Waals surface area (Å²) in [6.45, 7) is 1.92. The molecule has 1 N–H and O–H groups in total. The lowest BCUT2D eigenvalue weighted by atomic mass is 10.2. The van der Waals surface area contributed by atoms with E-state index in [-0.39, 0.29) is 0 Å². The van der Waals surface area contributed by atoms with Gasteiger partial charge >= 0.3 is 5.97 Å². The van der Waals surface area contributed by atoms with Crippen LogP contribution in [0.2, 0.25) is 5.15 Å². The van der Waals surface area contributed by atoms with Crippen molar-refractivity contribution >= 4 is 17.6 Å². The molecule has 1 atom stereocenters. The molecule has 1 aromatic heterocycles. The van der Waals surface area contributed by atoms with E-state index in [4.69, 9.17) is 16.7 Å². The van der Waals surface area contributed by atoms with Crippen molar-refractivity contribution in [2.75, 3.05) is 0 Å². The largest absolute Gasteiger partial charge is 0.481 e. The Labute approximate surface area is 74.8 Å². The second kappa shape index (κ2) is 3.58. The Bertz CT molecular complexity index is 285. The number of carboxylic acid groups (broad SMARTS) is 1. The highest BCUT2D eigenvalue weighted by molar-refractivity contribution is 6.29. The summed E-state index contributed by atoms with van der Waals surface area (Å²) in [6.07, 6.45) is 1.54.